The second-order valence-corrected chi connectivity index (χ2v) is 5.96. The molecule has 1 saturated carbocycles. The summed E-state index contributed by atoms with van der Waals surface area (Å²) in [6.07, 6.45) is 7.32. The lowest BCUT2D eigenvalue weighted by Crippen LogP contribution is -2.38. The van der Waals surface area contributed by atoms with Crippen molar-refractivity contribution in [3.8, 4) is 0 Å². The molecule has 1 aromatic heterocycles. The highest BCUT2D eigenvalue weighted by Gasteiger charge is 2.27. The zero-order chi connectivity index (χ0) is 12.4. The van der Waals surface area contributed by atoms with Gasteiger partial charge < -0.3 is 9.73 Å². The van der Waals surface area contributed by atoms with Gasteiger partial charge in [-0.3, -0.25) is 4.90 Å². The fourth-order valence-electron chi connectivity index (χ4n) is 2.86. The second kappa shape index (κ2) is 5.45. The third kappa shape index (κ3) is 3.15. The molecule has 1 aliphatic carbocycles. The zero-order valence-electron chi connectivity index (χ0n) is 11.3. The molecule has 3 rings (SSSR count). The molecule has 1 atom stereocenters. The minimum absolute atomic E-state index is 0.694. The summed E-state index contributed by atoms with van der Waals surface area (Å²) in [5.41, 5.74) is 1.29. The summed E-state index contributed by atoms with van der Waals surface area (Å²) in [4.78, 5) is 2.59. The lowest BCUT2D eigenvalue weighted by atomic mass is 10.2. The van der Waals surface area contributed by atoms with Crippen molar-refractivity contribution in [2.45, 2.75) is 45.2 Å². The second-order valence-electron chi connectivity index (χ2n) is 5.96. The first-order chi connectivity index (χ1) is 8.81. The molecule has 1 aromatic rings. The lowest BCUT2D eigenvalue weighted by molar-refractivity contribution is 0.214. The molecule has 3 nitrogen and oxygen atoms in total. The predicted octanol–water partition coefficient (Wildman–Crippen LogP) is 2.55. The monoisotopic (exact) mass is 248 g/mol. The molecule has 1 aliphatic heterocycles. The molecule has 0 radical (unpaired) electrons. The Labute approximate surface area is 110 Å². The summed E-state index contributed by atoms with van der Waals surface area (Å²) in [6, 6.07) is 2.76. The van der Waals surface area contributed by atoms with E-state index in [1.165, 1.54) is 50.9 Å². The molecule has 2 fully saturated rings. The van der Waals surface area contributed by atoms with Crippen molar-refractivity contribution in [1.29, 1.82) is 0 Å². The van der Waals surface area contributed by atoms with E-state index in [2.05, 4.69) is 23.2 Å². The van der Waals surface area contributed by atoms with Gasteiger partial charge in [-0.2, -0.15) is 0 Å². The van der Waals surface area contributed by atoms with Crippen LogP contribution in [0.1, 0.15) is 37.0 Å². The summed E-state index contributed by atoms with van der Waals surface area (Å²) in [7, 11) is 0. The minimum Gasteiger partial charge on any atom is -0.468 e. The van der Waals surface area contributed by atoms with Gasteiger partial charge in [0.05, 0.1) is 12.8 Å². The Hall–Kier alpha value is -0.800. The normalized spacial score (nSPS) is 24.0. The number of nitrogens with zero attached hydrogens (tertiary/aromatic N) is 1. The number of aryl methyl sites for hydroxylation is 1. The summed E-state index contributed by atoms with van der Waals surface area (Å²) in [5.74, 6) is 2.09. The Morgan fingerprint density at radius 1 is 1.33 bits per heavy atom. The highest BCUT2D eigenvalue weighted by atomic mass is 16.3. The lowest BCUT2D eigenvalue weighted by Gasteiger charge is -2.25. The van der Waals surface area contributed by atoms with Gasteiger partial charge in [0.2, 0.25) is 0 Å². The van der Waals surface area contributed by atoms with Crippen molar-refractivity contribution < 1.29 is 4.42 Å². The molecule has 0 amide bonds. The van der Waals surface area contributed by atoms with Gasteiger partial charge in [0.15, 0.2) is 0 Å². The van der Waals surface area contributed by atoms with E-state index < -0.39 is 0 Å². The van der Waals surface area contributed by atoms with E-state index in [1.807, 2.05) is 6.26 Å². The first kappa shape index (κ1) is 12.2. The van der Waals surface area contributed by atoms with Gasteiger partial charge in [-0.15, -0.1) is 0 Å². The van der Waals surface area contributed by atoms with Crippen molar-refractivity contribution in [2.24, 2.45) is 5.92 Å². The average molecular weight is 248 g/mol. The van der Waals surface area contributed by atoms with Gasteiger partial charge in [-0.25, -0.2) is 0 Å². The van der Waals surface area contributed by atoms with E-state index in [1.54, 1.807) is 0 Å². The van der Waals surface area contributed by atoms with Gasteiger partial charge in [0, 0.05) is 19.1 Å². The molecule has 1 N–H and O–H groups in total. The van der Waals surface area contributed by atoms with Crippen molar-refractivity contribution in [3.05, 3.63) is 23.7 Å². The van der Waals surface area contributed by atoms with Gasteiger partial charge in [-0.1, -0.05) is 0 Å². The topological polar surface area (TPSA) is 28.4 Å². The fraction of sp³-hybridized carbons (Fsp3) is 0.733. The van der Waals surface area contributed by atoms with Crippen molar-refractivity contribution >= 4 is 0 Å². The minimum atomic E-state index is 0.694. The number of rotatable bonds is 6. The van der Waals surface area contributed by atoms with Gasteiger partial charge in [0.25, 0.3) is 0 Å². The molecule has 2 heterocycles. The molecule has 1 saturated heterocycles. The van der Waals surface area contributed by atoms with Crippen LogP contribution in [0.4, 0.5) is 0 Å². The number of furan rings is 1. The SMILES string of the molecule is Cc1ccoc1CN(CC1CC1)CC1CCCN1. The third-order valence-corrected chi connectivity index (χ3v) is 4.19. The van der Waals surface area contributed by atoms with Crippen molar-refractivity contribution in [2.75, 3.05) is 19.6 Å². The van der Waals surface area contributed by atoms with Crippen molar-refractivity contribution in [3.63, 3.8) is 0 Å². The van der Waals surface area contributed by atoms with Crippen LogP contribution in [-0.4, -0.2) is 30.6 Å². The number of hydrogen-bond acceptors (Lipinski definition) is 3. The number of nitrogens with one attached hydrogen (secondary N) is 1. The quantitative estimate of drug-likeness (QED) is 0.838. The average Bonchev–Trinajstić information content (AvgIpc) is 2.84. The maximum Gasteiger partial charge on any atom is 0.120 e. The van der Waals surface area contributed by atoms with E-state index in [9.17, 15) is 0 Å². The summed E-state index contributed by atoms with van der Waals surface area (Å²) >= 11 is 0. The molecule has 18 heavy (non-hydrogen) atoms. The van der Waals surface area contributed by atoms with Crippen LogP contribution in [0.2, 0.25) is 0 Å². The van der Waals surface area contributed by atoms with Crippen LogP contribution in [0, 0.1) is 12.8 Å². The van der Waals surface area contributed by atoms with Crippen LogP contribution in [0.5, 0.6) is 0 Å². The Morgan fingerprint density at radius 2 is 2.22 bits per heavy atom. The molecular formula is C15H24N2O. The number of hydrogen-bond donors (Lipinski definition) is 1. The summed E-state index contributed by atoms with van der Waals surface area (Å²) in [5, 5.41) is 3.60. The molecule has 2 aliphatic rings. The molecule has 0 spiro atoms. The van der Waals surface area contributed by atoms with Crippen LogP contribution in [-0.2, 0) is 6.54 Å². The smallest absolute Gasteiger partial charge is 0.120 e. The summed E-state index contributed by atoms with van der Waals surface area (Å²) in [6.45, 7) is 6.74. The highest BCUT2D eigenvalue weighted by Crippen LogP contribution is 2.30. The molecular weight excluding hydrogens is 224 g/mol. The Kier molecular flexibility index (Phi) is 3.71. The van der Waals surface area contributed by atoms with Crippen LogP contribution in [0.15, 0.2) is 16.7 Å². The third-order valence-electron chi connectivity index (χ3n) is 4.19. The fourth-order valence-corrected chi connectivity index (χ4v) is 2.86. The van der Waals surface area contributed by atoms with Gasteiger partial charge in [0.1, 0.15) is 5.76 Å². The van der Waals surface area contributed by atoms with E-state index in [0.29, 0.717) is 6.04 Å². The largest absolute Gasteiger partial charge is 0.468 e. The molecule has 0 bridgehead atoms. The first-order valence-corrected chi connectivity index (χ1v) is 7.30. The van der Waals surface area contributed by atoms with Crippen LogP contribution >= 0.6 is 0 Å². The molecule has 3 heteroatoms. The maximum absolute atomic E-state index is 5.60. The zero-order valence-corrected chi connectivity index (χ0v) is 11.3. The highest BCUT2D eigenvalue weighted by molar-refractivity contribution is 5.14. The van der Waals surface area contributed by atoms with Gasteiger partial charge in [-0.05, 0) is 56.7 Å². The Bertz CT molecular complexity index is 378. The maximum atomic E-state index is 5.60. The van der Waals surface area contributed by atoms with E-state index in [-0.39, 0.29) is 0 Å². The van der Waals surface area contributed by atoms with E-state index in [0.717, 1.165) is 18.2 Å². The first-order valence-electron chi connectivity index (χ1n) is 7.30. The van der Waals surface area contributed by atoms with E-state index >= 15 is 0 Å². The predicted molar refractivity (Wildman–Crippen MR) is 72.5 cm³/mol. The van der Waals surface area contributed by atoms with Crippen LogP contribution in [0.25, 0.3) is 0 Å². The Morgan fingerprint density at radius 3 is 2.83 bits per heavy atom. The summed E-state index contributed by atoms with van der Waals surface area (Å²) < 4.78 is 5.60. The van der Waals surface area contributed by atoms with Gasteiger partial charge >= 0.3 is 0 Å². The Balaban J connectivity index is 1.59. The standard InChI is InChI=1S/C15H24N2O/c1-12-6-8-18-15(12)11-17(9-13-4-5-13)10-14-3-2-7-16-14/h6,8,13-14,16H,2-5,7,9-11H2,1H3. The van der Waals surface area contributed by atoms with Crippen LogP contribution in [0.3, 0.4) is 0 Å². The molecule has 100 valence electrons. The van der Waals surface area contributed by atoms with Crippen molar-refractivity contribution in [1.82, 2.24) is 10.2 Å². The van der Waals surface area contributed by atoms with E-state index in [4.69, 9.17) is 4.42 Å². The van der Waals surface area contributed by atoms with Crippen LogP contribution < -0.4 is 5.32 Å². The molecule has 0 aromatic carbocycles. The molecule has 1 unspecified atom stereocenters.